The quantitative estimate of drug-likeness (QED) is 0.102. The molecule has 2 bridgehead atoms. The van der Waals surface area contributed by atoms with Crippen LogP contribution in [0.3, 0.4) is 0 Å². The van der Waals surface area contributed by atoms with E-state index in [2.05, 4.69) is 39.6 Å². The Balaban J connectivity index is 0.00000245. The molecule has 2 N–H and O–H groups in total. The van der Waals surface area contributed by atoms with E-state index in [1.165, 1.54) is 37.1 Å². The summed E-state index contributed by atoms with van der Waals surface area (Å²) in [5.41, 5.74) is 0. The van der Waals surface area contributed by atoms with Gasteiger partial charge in [-0.15, -0.1) is 24.0 Å². The van der Waals surface area contributed by atoms with Crippen LogP contribution in [0, 0.1) is 29.6 Å². The summed E-state index contributed by atoms with van der Waals surface area (Å²) in [4.78, 5) is 34.4. The van der Waals surface area contributed by atoms with Gasteiger partial charge < -0.3 is 10.6 Å². The van der Waals surface area contributed by atoms with Crippen LogP contribution in [0.5, 0.6) is 0 Å². The molecule has 1 heterocycles. The van der Waals surface area contributed by atoms with Crippen LogP contribution in [0.4, 0.5) is 0 Å². The lowest BCUT2D eigenvalue weighted by Gasteiger charge is -2.22. The SMILES string of the molecule is CCNC(=NCCCN1C(=O)C2C3C=CC(C3)C2C1=O)NCCN(CC1CC1)C1CC1.I. The lowest BCUT2D eigenvalue weighted by molar-refractivity contribution is -0.140. The van der Waals surface area contributed by atoms with Crippen molar-refractivity contribution in [2.24, 2.45) is 34.6 Å². The number of allylic oxidation sites excluding steroid dienone is 2. The Morgan fingerprint density at radius 2 is 1.78 bits per heavy atom. The molecule has 2 amide bonds. The second kappa shape index (κ2) is 10.4. The van der Waals surface area contributed by atoms with Gasteiger partial charge in [-0.3, -0.25) is 24.4 Å². The number of halogens is 1. The fraction of sp³-hybridized carbons (Fsp3) is 0.792. The fourth-order valence-electron chi connectivity index (χ4n) is 5.76. The number of imide groups is 1. The standard InChI is InChI=1S/C24H37N5O2.HI/c1-2-25-24(27-11-13-28(19-8-9-19)15-16-4-5-16)26-10-3-12-29-22(30)20-17-6-7-18(14-17)21(20)23(29)31;/h6-7,16-21H,2-5,8-15H2,1H3,(H2,25,26,27);1H. The number of nitrogens with zero attached hydrogens (tertiary/aromatic N) is 3. The van der Waals surface area contributed by atoms with Gasteiger partial charge in [0.1, 0.15) is 0 Å². The van der Waals surface area contributed by atoms with Crippen molar-refractivity contribution in [3.63, 3.8) is 0 Å². The van der Waals surface area contributed by atoms with Crippen LogP contribution in [0.15, 0.2) is 17.1 Å². The molecule has 0 spiro atoms. The van der Waals surface area contributed by atoms with E-state index in [0.29, 0.717) is 19.5 Å². The van der Waals surface area contributed by atoms with E-state index in [-0.39, 0.29) is 59.5 Å². The molecule has 0 aromatic heterocycles. The second-order valence-electron chi connectivity index (χ2n) is 10.0. The van der Waals surface area contributed by atoms with Crippen molar-refractivity contribution >= 4 is 41.8 Å². The molecule has 5 aliphatic rings. The lowest BCUT2D eigenvalue weighted by atomic mass is 9.85. The second-order valence-corrected chi connectivity index (χ2v) is 10.0. The smallest absolute Gasteiger partial charge is 0.233 e. The Morgan fingerprint density at radius 1 is 1.09 bits per heavy atom. The minimum atomic E-state index is -0.0879. The summed E-state index contributed by atoms with van der Waals surface area (Å²) in [5.74, 6) is 2.27. The minimum Gasteiger partial charge on any atom is -0.357 e. The van der Waals surface area contributed by atoms with Crippen LogP contribution >= 0.6 is 24.0 Å². The first-order valence-corrected chi connectivity index (χ1v) is 12.5. The average molecular weight is 556 g/mol. The number of carbonyl (C=O) groups excluding carboxylic acids is 2. The van der Waals surface area contributed by atoms with Crippen LogP contribution in [-0.2, 0) is 9.59 Å². The van der Waals surface area contributed by atoms with E-state index >= 15 is 0 Å². The molecule has 4 atom stereocenters. The number of rotatable bonds is 11. The van der Waals surface area contributed by atoms with Crippen LogP contribution in [0.1, 0.15) is 45.4 Å². The molecule has 4 unspecified atom stereocenters. The van der Waals surface area contributed by atoms with Gasteiger partial charge in [0.15, 0.2) is 5.96 Å². The topological polar surface area (TPSA) is 77.0 Å². The molecule has 0 radical (unpaired) electrons. The third-order valence-electron chi connectivity index (χ3n) is 7.66. The van der Waals surface area contributed by atoms with Crippen molar-refractivity contribution < 1.29 is 9.59 Å². The van der Waals surface area contributed by atoms with Gasteiger partial charge >= 0.3 is 0 Å². The summed E-state index contributed by atoms with van der Waals surface area (Å²) in [6.45, 7) is 7.23. The molecule has 7 nitrogen and oxygen atoms in total. The Hall–Kier alpha value is -1.16. The predicted molar refractivity (Wildman–Crippen MR) is 136 cm³/mol. The molecule has 4 aliphatic carbocycles. The summed E-state index contributed by atoms with van der Waals surface area (Å²) in [6.07, 6.45) is 11.5. The molecule has 1 saturated heterocycles. The van der Waals surface area contributed by atoms with Crippen LogP contribution in [-0.4, -0.2) is 72.9 Å². The summed E-state index contributed by atoms with van der Waals surface area (Å²) in [7, 11) is 0. The Kier molecular flexibility index (Phi) is 7.80. The van der Waals surface area contributed by atoms with E-state index in [0.717, 1.165) is 44.0 Å². The fourth-order valence-corrected chi connectivity index (χ4v) is 5.76. The maximum Gasteiger partial charge on any atom is 0.233 e. The van der Waals surface area contributed by atoms with Gasteiger partial charge in [0, 0.05) is 45.3 Å². The predicted octanol–water partition coefficient (Wildman–Crippen LogP) is 2.23. The largest absolute Gasteiger partial charge is 0.357 e. The van der Waals surface area contributed by atoms with Crippen LogP contribution < -0.4 is 10.6 Å². The molecule has 8 heteroatoms. The zero-order valence-corrected chi connectivity index (χ0v) is 21.5. The maximum absolute atomic E-state index is 12.8. The summed E-state index contributed by atoms with van der Waals surface area (Å²) in [6, 6.07) is 0.808. The van der Waals surface area contributed by atoms with Crippen molar-refractivity contribution in [1.82, 2.24) is 20.4 Å². The maximum atomic E-state index is 12.8. The Bertz CT molecular complexity index is 733. The Labute approximate surface area is 208 Å². The highest BCUT2D eigenvalue weighted by molar-refractivity contribution is 14.0. The molecule has 1 aliphatic heterocycles. The number of carbonyl (C=O) groups is 2. The molecule has 4 fully saturated rings. The van der Waals surface area contributed by atoms with E-state index in [1.807, 2.05) is 0 Å². The molecule has 3 saturated carbocycles. The average Bonchev–Trinajstić information content (AvgIpc) is 3.68. The van der Waals surface area contributed by atoms with Gasteiger partial charge in [-0.1, -0.05) is 12.2 Å². The number of hydrogen-bond donors (Lipinski definition) is 2. The van der Waals surface area contributed by atoms with Gasteiger partial charge in [-0.2, -0.15) is 0 Å². The van der Waals surface area contributed by atoms with E-state index < -0.39 is 0 Å². The molecule has 0 aromatic carbocycles. The van der Waals surface area contributed by atoms with Gasteiger partial charge in [0.2, 0.25) is 11.8 Å². The van der Waals surface area contributed by atoms with Crippen molar-refractivity contribution in [1.29, 1.82) is 0 Å². The van der Waals surface area contributed by atoms with E-state index in [1.54, 1.807) is 0 Å². The molecular weight excluding hydrogens is 517 g/mol. The normalized spacial score (nSPS) is 30.8. The minimum absolute atomic E-state index is 0. The summed E-state index contributed by atoms with van der Waals surface area (Å²) >= 11 is 0. The number of likely N-dealkylation sites (tertiary alicyclic amines) is 1. The Morgan fingerprint density at radius 3 is 2.38 bits per heavy atom. The van der Waals surface area contributed by atoms with Crippen molar-refractivity contribution in [3.05, 3.63) is 12.2 Å². The molecule has 0 aromatic rings. The van der Waals surface area contributed by atoms with Crippen molar-refractivity contribution in [2.45, 2.75) is 51.5 Å². The third-order valence-corrected chi connectivity index (χ3v) is 7.66. The van der Waals surface area contributed by atoms with Crippen LogP contribution in [0.2, 0.25) is 0 Å². The first-order chi connectivity index (χ1) is 15.2. The van der Waals surface area contributed by atoms with E-state index in [4.69, 9.17) is 0 Å². The van der Waals surface area contributed by atoms with Crippen molar-refractivity contribution in [3.8, 4) is 0 Å². The molecular formula is C24H38IN5O2. The summed E-state index contributed by atoms with van der Waals surface area (Å²) < 4.78 is 0. The third kappa shape index (κ3) is 5.16. The highest BCUT2D eigenvalue weighted by atomic mass is 127. The molecule has 32 heavy (non-hydrogen) atoms. The van der Waals surface area contributed by atoms with Gasteiger partial charge in [-0.05, 0) is 63.2 Å². The number of amides is 2. The number of guanidine groups is 1. The molecule has 178 valence electrons. The monoisotopic (exact) mass is 555 g/mol. The van der Waals surface area contributed by atoms with Crippen molar-refractivity contribution in [2.75, 3.05) is 39.3 Å². The first-order valence-electron chi connectivity index (χ1n) is 12.5. The van der Waals surface area contributed by atoms with Gasteiger partial charge in [0.25, 0.3) is 0 Å². The molecule has 5 rings (SSSR count). The number of fused-ring (bicyclic) bond motifs is 5. The van der Waals surface area contributed by atoms with Gasteiger partial charge in [0.05, 0.1) is 11.8 Å². The zero-order valence-electron chi connectivity index (χ0n) is 19.2. The number of nitrogens with one attached hydrogen (secondary N) is 2. The van der Waals surface area contributed by atoms with Gasteiger partial charge in [-0.25, -0.2) is 0 Å². The number of hydrogen-bond acceptors (Lipinski definition) is 4. The highest BCUT2D eigenvalue weighted by Crippen LogP contribution is 2.52. The first kappa shape index (κ1) is 24.0. The highest BCUT2D eigenvalue weighted by Gasteiger charge is 2.58. The van der Waals surface area contributed by atoms with E-state index in [9.17, 15) is 9.59 Å². The summed E-state index contributed by atoms with van der Waals surface area (Å²) in [5, 5.41) is 6.78. The zero-order chi connectivity index (χ0) is 21.4. The lowest BCUT2D eigenvalue weighted by Crippen LogP contribution is -2.42. The van der Waals surface area contributed by atoms with Crippen LogP contribution in [0.25, 0.3) is 0 Å². The number of aliphatic imine (C=N–C) groups is 1.